The summed E-state index contributed by atoms with van der Waals surface area (Å²) in [7, 11) is 0. The van der Waals surface area contributed by atoms with Crippen LogP contribution in [0.5, 0.6) is 0 Å². The molecule has 7 heteroatoms. The first-order chi connectivity index (χ1) is 13.1. The van der Waals surface area contributed by atoms with Crippen LogP contribution >= 0.6 is 0 Å². The van der Waals surface area contributed by atoms with Crippen LogP contribution < -0.4 is 5.56 Å². The Morgan fingerprint density at radius 3 is 2.63 bits per heavy atom. The Balaban J connectivity index is 1.55. The van der Waals surface area contributed by atoms with Gasteiger partial charge in [-0.2, -0.15) is 0 Å². The largest absolute Gasteiger partial charge is 0.448 e. The molecule has 0 fully saturated rings. The number of ether oxygens (including phenoxy) is 1. The third-order valence-corrected chi connectivity index (χ3v) is 4.07. The number of hydrogen-bond acceptors (Lipinski definition) is 6. The van der Waals surface area contributed by atoms with Gasteiger partial charge in [0.1, 0.15) is 5.69 Å². The summed E-state index contributed by atoms with van der Waals surface area (Å²) in [6.07, 6.45) is -0.766. The highest BCUT2D eigenvalue weighted by Gasteiger charge is 2.21. The van der Waals surface area contributed by atoms with Gasteiger partial charge in [0.2, 0.25) is 5.89 Å². The number of nitrogens with zero attached hydrogens (tertiary/aromatic N) is 2. The molecule has 0 spiro atoms. The Hall–Kier alpha value is -3.74. The fourth-order valence-electron chi connectivity index (χ4n) is 2.69. The molecule has 0 aliphatic carbocycles. The Bertz CT molecular complexity index is 1160. The standard InChI is InChI=1S/C20H15N3O4/c1-12(18-22-23-19(27-18)13-7-3-2-4-8-13)26-20(25)16-11-14-9-5-6-10-15(14)17(24)21-16/h2-12H,1H3,(H,21,24)/t12-/m1/s1. The molecule has 7 nitrogen and oxygen atoms in total. The number of aromatic nitrogens is 3. The van der Waals surface area contributed by atoms with Gasteiger partial charge in [0.25, 0.3) is 11.4 Å². The van der Waals surface area contributed by atoms with Crippen LogP contribution in [0.25, 0.3) is 22.2 Å². The average molecular weight is 361 g/mol. The van der Waals surface area contributed by atoms with Crippen LogP contribution in [0.1, 0.15) is 29.4 Å². The summed E-state index contributed by atoms with van der Waals surface area (Å²) in [5.41, 5.74) is 0.485. The van der Waals surface area contributed by atoms with E-state index in [4.69, 9.17) is 9.15 Å². The van der Waals surface area contributed by atoms with Gasteiger partial charge in [-0.15, -0.1) is 10.2 Å². The molecule has 27 heavy (non-hydrogen) atoms. The van der Waals surface area contributed by atoms with Gasteiger partial charge in [0.15, 0.2) is 6.10 Å². The highest BCUT2D eigenvalue weighted by molar-refractivity contribution is 5.93. The molecular formula is C20H15N3O4. The number of hydrogen-bond donors (Lipinski definition) is 1. The minimum atomic E-state index is -0.766. The van der Waals surface area contributed by atoms with Gasteiger partial charge in [-0.1, -0.05) is 36.4 Å². The quantitative estimate of drug-likeness (QED) is 0.559. The predicted molar refractivity (Wildman–Crippen MR) is 98.1 cm³/mol. The first-order valence-corrected chi connectivity index (χ1v) is 8.33. The van der Waals surface area contributed by atoms with Crippen LogP contribution in [0.4, 0.5) is 0 Å². The third kappa shape index (κ3) is 3.35. The molecule has 0 amide bonds. The van der Waals surface area contributed by atoms with E-state index in [0.717, 1.165) is 5.56 Å². The van der Waals surface area contributed by atoms with Crippen molar-refractivity contribution < 1.29 is 13.9 Å². The van der Waals surface area contributed by atoms with E-state index in [1.54, 1.807) is 37.3 Å². The second kappa shape index (κ2) is 6.87. The van der Waals surface area contributed by atoms with Gasteiger partial charge >= 0.3 is 5.97 Å². The van der Waals surface area contributed by atoms with E-state index < -0.39 is 12.1 Å². The van der Waals surface area contributed by atoms with Crippen LogP contribution in [-0.2, 0) is 4.74 Å². The topological polar surface area (TPSA) is 98.1 Å². The molecule has 1 N–H and O–H groups in total. The lowest BCUT2D eigenvalue weighted by Gasteiger charge is -2.09. The van der Waals surface area contributed by atoms with Gasteiger partial charge in [-0.05, 0) is 36.6 Å². The lowest BCUT2D eigenvalue weighted by atomic mass is 10.1. The number of fused-ring (bicyclic) bond motifs is 1. The summed E-state index contributed by atoms with van der Waals surface area (Å²) in [5.74, 6) is -0.164. The third-order valence-electron chi connectivity index (χ3n) is 4.07. The molecule has 0 unspecified atom stereocenters. The van der Waals surface area contributed by atoms with E-state index in [9.17, 15) is 9.59 Å². The number of nitrogens with one attached hydrogen (secondary N) is 1. The van der Waals surface area contributed by atoms with E-state index in [1.807, 2.05) is 30.3 Å². The lowest BCUT2D eigenvalue weighted by Crippen LogP contribution is -2.16. The van der Waals surface area contributed by atoms with Crippen molar-refractivity contribution in [2.45, 2.75) is 13.0 Å². The zero-order valence-electron chi connectivity index (χ0n) is 14.4. The van der Waals surface area contributed by atoms with Crippen LogP contribution in [0.3, 0.4) is 0 Å². The molecule has 0 aliphatic heterocycles. The number of carbonyl (C=O) groups is 1. The van der Waals surface area contributed by atoms with Crippen molar-refractivity contribution in [2.24, 2.45) is 0 Å². The van der Waals surface area contributed by atoms with E-state index in [1.165, 1.54) is 0 Å². The highest BCUT2D eigenvalue weighted by Crippen LogP contribution is 2.23. The normalized spacial score (nSPS) is 12.0. The minimum Gasteiger partial charge on any atom is -0.448 e. The SMILES string of the molecule is C[C@@H](OC(=O)c1cc2ccccc2c(=O)[nH]1)c1nnc(-c2ccccc2)o1. The summed E-state index contributed by atoms with van der Waals surface area (Å²) in [6, 6.07) is 17.9. The highest BCUT2D eigenvalue weighted by atomic mass is 16.6. The van der Waals surface area contributed by atoms with Crippen LogP contribution in [0.15, 0.2) is 69.9 Å². The smallest absolute Gasteiger partial charge is 0.355 e. The summed E-state index contributed by atoms with van der Waals surface area (Å²) >= 11 is 0. The summed E-state index contributed by atoms with van der Waals surface area (Å²) < 4.78 is 11.0. The van der Waals surface area contributed by atoms with E-state index in [0.29, 0.717) is 16.7 Å². The van der Waals surface area contributed by atoms with Crippen molar-refractivity contribution in [3.63, 3.8) is 0 Å². The van der Waals surface area contributed by atoms with Crippen molar-refractivity contribution in [3.05, 3.63) is 82.6 Å². The fourth-order valence-corrected chi connectivity index (χ4v) is 2.69. The fraction of sp³-hybridized carbons (Fsp3) is 0.100. The molecule has 4 aromatic rings. The summed E-state index contributed by atoms with van der Waals surface area (Å²) in [6.45, 7) is 1.62. The van der Waals surface area contributed by atoms with Crippen molar-refractivity contribution in [3.8, 4) is 11.5 Å². The van der Waals surface area contributed by atoms with E-state index in [-0.39, 0.29) is 17.1 Å². The number of benzene rings is 2. The molecule has 0 saturated carbocycles. The minimum absolute atomic E-state index is 0.0633. The van der Waals surface area contributed by atoms with E-state index >= 15 is 0 Å². The second-order valence-corrected chi connectivity index (χ2v) is 5.96. The molecule has 0 radical (unpaired) electrons. The van der Waals surface area contributed by atoms with Crippen molar-refractivity contribution in [2.75, 3.05) is 0 Å². The van der Waals surface area contributed by atoms with Gasteiger partial charge in [-0.25, -0.2) is 4.79 Å². The second-order valence-electron chi connectivity index (χ2n) is 5.96. The van der Waals surface area contributed by atoms with Crippen molar-refractivity contribution in [1.29, 1.82) is 0 Å². The lowest BCUT2D eigenvalue weighted by molar-refractivity contribution is 0.0273. The van der Waals surface area contributed by atoms with Crippen LogP contribution in [-0.4, -0.2) is 21.2 Å². The van der Waals surface area contributed by atoms with Gasteiger partial charge < -0.3 is 14.1 Å². The average Bonchev–Trinajstić information content (AvgIpc) is 3.19. The van der Waals surface area contributed by atoms with Crippen LogP contribution in [0.2, 0.25) is 0 Å². The molecule has 1 atom stereocenters. The van der Waals surface area contributed by atoms with E-state index in [2.05, 4.69) is 15.2 Å². The predicted octanol–water partition coefficient (Wildman–Crippen LogP) is 3.50. The number of pyridine rings is 1. The molecule has 0 aliphatic rings. The molecule has 2 aromatic heterocycles. The number of esters is 1. The maximum absolute atomic E-state index is 12.4. The molecule has 2 heterocycles. The Morgan fingerprint density at radius 2 is 1.81 bits per heavy atom. The number of carbonyl (C=O) groups excluding carboxylic acids is 1. The molecule has 134 valence electrons. The first-order valence-electron chi connectivity index (χ1n) is 8.33. The molecule has 0 saturated heterocycles. The zero-order valence-corrected chi connectivity index (χ0v) is 14.4. The van der Waals surface area contributed by atoms with Crippen LogP contribution in [0, 0.1) is 0 Å². The summed E-state index contributed by atoms with van der Waals surface area (Å²) in [4.78, 5) is 27.1. The van der Waals surface area contributed by atoms with Gasteiger partial charge in [0, 0.05) is 10.9 Å². The number of aromatic amines is 1. The van der Waals surface area contributed by atoms with Gasteiger partial charge in [0.05, 0.1) is 0 Å². The maximum atomic E-state index is 12.4. The van der Waals surface area contributed by atoms with Crippen molar-refractivity contribution in [1.82, 2.24) is 15.2 Å². The molecular weight excluding hydrogens is 346 g/mol. The summed E-state index contributed by atoms with van der Waals surface area (Å²) in [5, 5.41) is 9.08. The molecule has 4 rings (SSSR count). The Labute approximate surface area is 153 Å². The number of H-pyrrole nitrogens is 1. The Morgan fingerprint density at radius 1 is 1.07 bits per heavy atom. The zero-order chi connectivity index (χ0) is 18.8. The van der Waals surface area contributed by atoms with Gasteiger partial charge in [-0.3, -0.25) is 4.79 Å². The molecule has 2 aromatic carbocycles. The monoisotopic (exact) mass is 361 g/mol. The van der Waals surface area contributed by atoms with Crippen molar-refractivity contribution >= 4 is 16.7 Å². The molecule has 0 bridgehead atoms. The maximum Gasteiger partial charge on any atom is 0.355 e. The first kappa shape index (κ1) is 16.7. The Kier molecular flexibility index (Phi) is 4.25. The number of rotatable bonds is 4.